The molecule has 0 saturated carbocycles. The van der Waals surface area contributed by atoms with Crippen molar-refractivity contribution in [2.75, 3.05) is 14.2 Å². The lowest BCUT2D eigenvalue weighted by Crippen LogP contribution is -2.20. The molecule has 2 rings (SSSR count). The van der Waals surface area contributed by atoms with E-state index in [9.17, 15) is 0 Å². The molecule has 1 atom stereocenters. The Bertz CT molecular complexity index is 592. The zero-order valence-corrected chi connectivity index (χ0v) is 13.6. The number of benzene rings is 1. The van der Waals surface area contributed by atoms with Gasteiger partial charge in [-0.15, -0.1) is 11.3 Å². The first kappa shape index (κ1) is 15.0. The van der Waals surface area contributed by atoms with Crippen LogP contribution < -0.4 is 10.1 Å². The summed E-state index contributed by atoms with van der Waals surface area (Å²) in [6.07, 6.45) is 0.910. The van der Waals surface area contributed by atoms with Gasteiger partial charge in [0.15, 0.2) is 0 Å². The first-order chi connectivity index (χ1) is 9.55. The third kappa shape index (κ3) is 3.19. The van der Waals surface area contributed by atoms with E-state index < -0.39 is 0 Å². The summed E-state index contributed by atoms with van der Waals surface area (Å²) in [5.74, 6) is 0.950. The average molecular weight is 290 g/mol. The Morgan fingerprint density at radius 1 is 1.25 bits per heavy atom. The number of nitrogens with one attached hydrogen (secondary N) is 1. The Hall–Kier alpha value is -1.39. The lowest BCUT2D eigenvalue weighted by atomic mass is 9.95. The monoisotopic (exact) mass is 290 g/mol. The number of thiazole rings is 1. The van der Waals surface area contributed by atoms with E-state index in [2.05, 4.69) is 41.7 Å². The molecule has 0 radical (unpaired) electrons. The molecule has 0 spiro atoms. The second-order valence-electron chi connectivity index (χ2n) is 5.08. The number of hydrogen-bond donors (Lipinski definition) is 1. The Labute approximate surface area is 125 Å². The summed E-state index contributed by atoms with van der Waals surface area (Å²) >= 11 is 1.71. The molecule has 1 aromatic carbocycles. The summed E-state index contributed by atoms with van der Waals surface area (Å²) in [5, 5.41) is 6.67. The van der Waals surface area contributed by atoms with Crippen LogP contribution in [0.1, 0.15) is 33.4 Å². The Kier molecular flexibility index (Phi) is 4.78. The summed E-state index contributed by atoms with van der Waals surface area (Å²) in [6, 6.07) is 4.61. The number of hydrogen-bond acceptors (Lipinski definition) is 4. The van der Waals surface area contributed by atoms with Gasteiger partial charge in [0, 0.05) is 17.8 Å². The Morgan fingerprint density at radius 3 is 2.55 bits per heavy atom. The molecule has 0 saturated heterocycles. The maximum atomic E-state index is 5.38. The highest BCUT2D eigenvalue weighted by Crippen LogP contribution is 2.28. The smallest absolute Gasteiger partial charge is 0.122 e. The van der Waals surface area contributed by atoms with Crippen molar-refractivity contribution in [1.82, 2.24) is 10.3 Å². The van der Waals surface area contributed by atoms with E-state index in [1.54, 1.807) is 18.4 Å². The van der Waals surface area contributed by atoms with E-state index >= 15 is 0 Å². The number of aryl methyl sites for hydroxylation is 3. The maximum Gasteiger partial charge on any atom is 0.122 e. The maximum absolute atomic E-state index is 5.38. The number of aromatic nitrogens is 1. The lowest BCUT2D eigenvalue weighted by Gasteiger charge is -2.20. The third-order valence-corrected chi connectivity index (χ3v) is 4.41. The fraction of sp³-hybridized carbons (Fsp3) is 0.438. The van der Waals surface area contributed by atoms with E-state index in [1.165, 1.54) is 16.7 Å². The van der Waals surface area contributed by atoms with Crippen LogP contribution in [0.15, 0.2) is 17.5 Å². The van der Waals surface area contributed by atoms with E-state index in [1.807, 2.05) is 14.0 Å². The van der Waals surface area contributed by atoms with Crippen molar-refractivity contribution in [2.24, 2.45) is 0 Å². The molecule has 4 heteroatoms. The van der Waals surface area contributed by atoms with Crippen LogP contribution in [0.3, 0.4) is 0 Å². The Balaban J connectivity index is 2.29. The van der Waals surface area contributed by atoms with Gasteiger partial charge in [-0.3, -0.25) is 0 Å². The van der Waals surface area contributed by atoms with Crippen LogP contribution in [0.4, 0.5) is 0 Å². The van der Waals surface area contributed by atoms with Crippen molar-refractivity contribution in [2.45, 2.75) is 33.2 Å². The number of ether oxygens (including phenoxy) is 1. The average Bonchev–Trinajstić information content (AvgIpc) is 2.84. The molecule has 20 heavy (non-hydrogen) atoms. The predicted molar refractivity (Wildman–Crippen MR) is 84.8 cm³/mol. The number of methoxy groups -OCH3 is 1. The molecule has 0 amide bonds. The van der Waals surface area contributed by atoms with Gasteiger partial charge in [-0.05, 0) is 50.6 Å². The van der Waals surface area contributed by atoms with Crippen LogP contribution in [0.25, 0.3) is 0 Å². The number of nitrogens with zero attached hydrogens (tertiary/aromatic N) is 1. The summed E-state index contributed by atoms with van der Waals surface area (Å²) in [5.41, 5.74) is 4.89. The van der Waals surface area contributed by atoms with Gasteiger partial charge in [0.2, 0.25) is 0 Å². The van der Waals surface area contributed by atoms with Crippen molar-refractivity contribution in [3.05, 3.63) is 44.9 Å². The number of rotatable bonds is 5. The molecule has 0 aliphatic carbocycles. The molecule has 0 bridgehead atoms. The molecule has 2 aromatic rings. The molecule has 0 fully saturated rings. The van der Waals surface area contributed by atoms with Crippen LogP contribution in [-0.4, -0.2) is 19.1 Å². The molecular formula is C16H22N2OS. The van der Waals surface area contributed by atoms with E-state index in [-0.39, 0.29) is 6.04 Å². The fourth-order valence-electron chi connectivity index (χ4n) is 2.49. The van der Waals surface area contributed by atoms with Crippen LogP contribution >= 0.6 is 11.3 Å². The minimum atomic E-state index is 0.279. The fourth-order valence-corrected chi connectivity index (χ4v) is 3.11. The van der Waals surface area contributed by atoms with Gasteiger partial charge >= 0.3 is 0 Å². The summed E-state index contributed by atoms with van der Waals surface area (Å²) in [6.45, 7) is 6.26. The van der Waals surface area contributed by atoms with Gasteiger partial charge in [-0.1, -0.05) is 6.07 Å². The number of likely N-dealkylation sites (N-methyl/N-ethyl adjacent to an activating group) is 1. The highest BCUT2D eigenvalue weighted by atomic mass is 32.1. The molecule has 3 nitrogen and oxygen atoms in total. The lowest BCUT2D eigenvalue weighted by molar-refractivity contribution is 0.410. The summed E-state index contributed by atoms with van der Waals surface area (Å²) < 4.78 is 5.38. The summed E-state index contributed by atoms with van der Waals surface area (Å²) in [7, 11) is 3.72. The van der Waals surface area contributed by atoms with E-state index in [0.29, 0.717) is 0 Å². The van der Waals surface area contributed by atoms with Crippen LogP contribution in [0.5, 0.6) is 5.75 Å². The quantitative estimate of drug-likeness (QED) is 0.914. The van der Waals surface area contributed by atoms with Crippen molar-refractivity contribution < 1.29 is 4.74 Å². The molecule has 1 aromatic heterocycles. The zero-order chi connectivity index (χ0) is 14.7. The zero-order valence-electron chi connectivity index (χ0n) is 12.8. The molecule has 0 aliphatic heterocycles. The first-order valence-corrected chi connectivity index (χ1v) is 7.66. The standard InChI is InChI=1S/C16H22N2OS/c1-10-7-16(19-5)11(2)6-14(10)15(17-4)8-13-9-20-12(3)18-13/h6-7,9,15,17H,8H2,1-5H3. The normalized spacial score (nSPS) is 12.4. The van der Waals surface area contributed by atoms with Gasteiger partial charge in [0.1, 0.15) is 5.75 Å². The minimum absolute atomic E-state index is 0.279. The molecular weight excluding hydrogens is 268 g/mol. The largest absolute Gasteiger partial charge is 0.496 e. The van der Waals surface area contributed by atoms with Crippen LogP contribution in [0.2, 0.25) is 0 Å². The van der Waals surface area contributed by atoms with Gasteiger partial charge < -0.3 is 10.1 Å². The van der Waals surface area contributed by atoms with Gasteiger partial charge in [-0.25, -0.2) is 4.98 Å². The van der Waals surface area contributed by atoms with Gasteiger partial charge in [-0.2, -0.15) is 0 Å². The highest BCUT2D eigenvalue weighted by molar-refractivity contribution is 7.09. The molecule has 1 heterocycles. The SMILES string of the molecule is CNC(Cc1csc(C)n1)c1cc(C)c(OC)cc1C. The third-order valence-electron chi connectivity index (χ3n) is 3.59. The topological polar surface area (TPSA) is 34.2 Å². The predicted octanol–water partition coefficient (Wildman–Crippen LogP) is 3.58. The summed E-state index contributed by atoms with van der Waals surface area (Å²) in [4.78, 5) is 4.56. The second-order valence-corrected chi connectivity index (χ2v) is 6.14. The van der Waals surface area contributed by atoms with Crippen molar-refractivity contribution in [1.29, 1.82) is 0 Å². The molecule has 108 valence electrons. The minimum Gasteiger partial charge on any atom is -0.496 e. The second kappa shape index (κ2) is 6.37. The van der Waals surface area contributed by atoms with Crippen molar-refractivity contribution in [3.63, 3.8) is 0 Å². The van der Waals surface area contributed by atoms with E-state index in [0.717, 1.165) is 22.9 Å². The molecule has 0 aliphatic rings. The highest BCUT2D eigenvalue weighted by Gasteiger charge is 2.16. The first-order valence-electron chi connectivity index (χ1n) is 6.78. The molecule has 1 unspecified atom stereocenters. The van der Waals surface area contributed by atoms with Gasteiger partial charge in [0.05, 0.1) is 17.8 Å². The van der Waals surface area contributed by atoms with E-state index in [4.69, 9.17) is 4.74 Å². The van der Waals surface area contributed by atoms with Crippen molar-refractivity contribution in [3.8, 4) is 5.75 Å². The van der Waals surface area contributed by atoms with Crippen LogP contribution in [0, 0.1) is 20.8 Å². The molecule has 1 N–H and O–H groups in total. The van der Waals surface area contributed by atoms with Gasteiger partial charge in [0.25, 0.3) is 0 Å². The Morgan fingerprint density at radius 2 is 2.00 bits per heavy atom. The van der Waals surface area contributed by atoms with Crippen molar-refractivity contribution >= 4 is 11.3 Å². The van der Waals surface area contributed by atoms with Crippen LogP contribution in [-0.2, 0) is 6.42 Å².